The van der Waals surface area contributed by atoms with Crippen LogP contribution in [0.5, 0.6) is 0 Å². The van der Waals surface area contributed by atoms with E-state index in [0.717, 1.165) is 0 Å². The molecule has 1 amide bonds. The van der Waals surface area contributed by atoms with Crippen LogP contribution >= 0.6 is 0 Å². The van der Waals surface area contributed by atoms with Gasteiger partial charge in [0.25, 0.3) is 5.91 Å². The normalized spacial score (nSPS) is 10.1. The third-order valence-electron chi connectivity index (χ3n) is 2.39. The van der Waals surface area contributed by atoms with Crippen LogP contribution in [0.25, 0.3) is 0 Å². The van der Waals surface area contributed by atoms with E-state index in [4.69, 9.17) is 5.84 Å². The number of hydrazine groups is 1. The molecule has 4 N–H and O–H groups in total. The largest absolute Gasteiger partial charge is 0.345 e. The Balaban J connectivity index is 1.97. The van der Waals surface area contributed by atoms with Gasteiger partial charge in [0, 0.05) is 13.2 Å². The molecule has 0 radical (unpaired) electrons. The predicted molar refractivity (Wildman–Crippen MR) is 64.2 cm³/mol. The van der Waals surface area contributed by atoms with Gasteiger partial charge in [-0.3, -0.25) is 4.79 Å². The smallest absolute Gasteiger partial charge is 0.253 e. The molecule has 0 aliphatic carbocycles. The van der Waals surface area contributed by atoms with Gasteiger partial charge in [0.05, 0.1) is 12.1 Å². The lowest BCUT2D eigenvalue weighted by Gasteiger charge is -2.05. The molecule has 2 rings (SSSR count). The lowest BCUT2D eigenvalue weighted by atomic mass is 10.2. The summed E-state index contributed by atoms with van der Waals surface area (Å²) in [5, 5.41) is 10.3. The Morgan fingerprint density at radius 3 is 2.89 bits per heavy atom. The quantitative estimate of drug-likeness (QED) is 0.492. The molecule has 8 nitrogen and oxygen atoms in total. The number of nitrogens with zero attached hydrogens (tertiary/aromatic N) is 4. The Bertz CT molecular complexity index is 533. The van der Waals surface area contributed by atoms with E-state index in [1.54, 1.807) is 23.0 Å². The Morgan fingerprint density at radius 2 is 2.33 bits per heavy atom. The summed E-state index contributed by atoms with van der Waals surface area (Å²) < 4.78 is 1.74. The highest BCUT2D eigenvalue weighted by Gasteiger charge is 2.07. The SMILES string of the molecule is Cn1cnnc1CNC(=O)c1ccc(NN)nc1. The van der Waals surface area contributed by atoms with Gasteiger partial charge in [-0.15, -0.1) is 10.2 Å². The highest BCUT2D eigenvalue weighted by atomic mass is 16.1. The van der Waals surface area contributed by atoms with E-state index in [0.29, 0.717) is 23.8 Å². The van der Waals surface area contributed by atoms with E-state index in [-0.39, 0.29) is 5.91 Å². The fourth-order valence-corrected chi connectivity index (χ4v) is 1.34. The fourth-order valence-electron chi connectivity index (χ4n) is 1.34. The minimum atomic E-state index is -0.228. The summed E-state index contributed by atoms with van der Waals surface area (Å²) in [6.07, 6.45) is 3.02. The highest BCUT2D eigenvalue weighted by Crippen LogP contribution is 2.03. The molecule has 8 heteroatoms. The minimum absolute atomic E-state index is 0.228. The number of aryl methyl sites for hydroxylation is 1. The number of hydrogen-bond donors (Lipinski definition) is 3. The second-order valence-corrected chi connectivity index (χ2v) is 3.62. The molecule has 0 atom stereocenters. The number of pyridine rings is 1. The molecule has 0 aliphatic rings. The van der Waals surface area contributed by atoms with Crippen molar-refractivity contribution in [1.29, 1.82) is 0 Å². The van der Waals surface area contributed by atoms with Crippen LogP contribution in [0, 0.1) is 0 Å². The van der Waals surface area contributed by atoms with Gasteiger partial charge in [-0.1, -0.05) is 0 Å². The van der Waals surface area contributed by atoms with Crippen molar-refractivity contribution in [2.75, 3.05) is 5.43 Å². The van der Waals surface area contributed by atoms with Crippen molar-refractivity contribution in [1.82, 2.24) is 25.1 Å². The second kappa shape index (κ2) is 5.23. The molecular weight excluding hydrogens is 234 g/mol. The summed E-state index contributed by atoms with van der Waals surface area (Å²) in [5.41, 5.74) is 2.85. The molecule has 94 valence electrons. The molecule has 0 saturated carbocycles. The summed E-state index contributed by atoms with van der Waals surface area (Å²) >= 11 is 0. The van der Waals surface area contributed by atoms with Crippen molar-refractivity contribution in [3.05, 3.63) is 36.0 Å². The van der Waals surface area contributed by atoms with Gasteiger partial charge in [0.1, 0.15) is 12.1 Å². The number of carbonyl (C=O) groups excluding carboxylic acids is 1. The Labute approximate surface area is 103 Å². The first-order valence-electron chi connectivity index (χ1n) is 5.24. The van der Waals surface area contributed by atoms with Crippen LogP contribution in [0.15, 0.2) is 24.7 Å². The molecule has 0 bridgehead atoms. The molecule has 0 fully saturated rings. The van der Waals surface area contributed by atoms with Gasteiger partial charge >= 0.3 is 0 Å². The zero-order valence-corrected chi connectivity index (χ0v) is 9.79. The van der Waals surface area contributed by atoms with Gasteiger partial charge in [-0.05, 0) is 12.1 Å². The van der Waals surface area contributed by atoms with Gasteiger partial charge < -0.3 is 15.3 Å². The number of hydrogen-bond acceptors (Lipinski definition) is 6. The van der Waals surface area contributed by atoms with Gasteiger partial charge in [-0.2, -0.15) is 0 Å². The molecule has 2 aromatic heterocycles. The van der Waals surface area contributed by atoms with Crippen molar-refractivity contribution in [2.45, 2.75) is 6.54 Å². The van der Waals surface area contributed by atoms with Crippen LogP contribution in [0.3, 0.4) is 0 Å². The van der Waals surface area contributed by atoms with E-state index in [2.05, 4.69) is 25.9 Å². The number of anilines is 1. The van der Waals surface area contributed by atoms with Crippen LogP contribution in [0.2, 0.25) is 0 Å². The molecule has 2 heterocycles. The molecule has 0 aromatic carbocycles. The Hall–Kier alpha value is -2.48. The van der Waals surface area contributed by atoms with Gasteiger partial charge in [-0.25, -0.2) is 10.8 Å². The standard InChI is InChI=1S/C10H13N7O/c1-17-6-14-16-9(17)5-13-10(18)7-2-3-8(15-11)12-4-7/h2-4,6H,5,11H2,1H3,(H,12,15)(H,13,18). The van der Waals surface area contributed by atoms with Crippen LogP contribution in [0.4, 0.5) is 5.82 Å². The van der Waals surface area contributed by atoms with Gasteiger partial charge in [0.2, 0.25) is 0 Å². The molecule has 0 spiro atoms. The molecule has 0 unspecified atom stereocenters. The highest BCUT2D eigenvalue weighted by molar-refractivity contribution is 5.93. The lowest BCUT2D eigenvalue weighted by molar-refractivity contribution is 0.0949. The maximum atomic E-state index is 11.8. The fraction of sp³-hybridized carbons (Fsp3) is 0.200. The van der Waals surface area contributed by atoms with E-state index in [9.17, 15) is 4.79 Å². The number of rotatable bonds is 4. The molecular formula is C10H13N7O. The summed E-state index contributed by atoms with van der Waals surface area (Å²) in [6, 6.07) is 3.26. The van der Waals surface area contributed by atoms with E-state index < -0.39 is 0 Å². The monoisotopic (exact) mass is 247 g/mol. The van der Waals surface area contributed by atoms with E-state index >= 15 is 0 Å². The van der Waals surface area contributed by atoms with Crippen molar-refractivity contribution in [3.63, 3.8) is 0 Å². The number of nitrogens with two attached hydrogens (primary N) is 1. The number of amides is 1. The minimum Gasteiger partial charge on any atom is -0.345 e. The third kappa shape index (κ3) is 2.61. The summed E-state index contributed by atoms with van der Waals surface area (Å²) in [4.78, 5) is 15.7. The maximum absolute atomic E-state index is 11.8. The van der Waals surface area contributed by atoms with Crippen LogP contribution in [-0.4, -0.2) is 25.7 Å². The third-order valence-corrected chi connectivity index (χ3v) is 2.39. The molecule has 2 aromatic rings. The van der Waals surface area contributed by atoms with Crippen molar-refractivity contribution in [3.8, 4) is 0 Å². The summed E-state index contributed by atoms with van der Waals surface area (Å²) in [5.74, 6) is 6.13. The topological polar surface area (TPSA) is 111 Å². The van der Waals surface area contributed by atoms with Crippen molar-refractivity contribution >= 4 is 11.7 Å². The zero-order valence-electron chi connectivity index (χ0n) is 9.79. The second-order valence-electron chi connectivity index (χ2n) is 3.62. The number of nitrogens with one attached hydrogen (secondary N) is 2. The average Bonchev–Trinajstić information content (AvgIpc) is 2.81. The molecule has 0 aliphatic heterocycles. The maximum Gasteiger partial charge on any atom is 0.253 e. The number of nitrogen functional groups attached to an aromatic ring is 1. The average molecular weight is 247 g/mol. The first-order valence-corrected chi connectivity index (χ1v) is 5.24. The zero-order chi connectivity index (χ0) is 13.0. The Morgan fingerprint density at radius 1 is 1.50 bits per heavy atom. The van der Waals surface area contributed by atoms with Crippen LogP contribution in [0.1, 0.15) is 16.2 Å². The van der Waals surface area contributed by atoms with Crippen molar-refractivity contribution in [2.24, 2.45) is 12.9 Å². The molecule has 0 saturated heterocycles. The Kier molecular flexibility index (Phi) is 3.49. The number of aromatic nitrogens is 4. The summed E-state index contributed by atoms with van der Waals surface area (Å²) in [7, 11) is 1.81. The number of carbonyl (C=O) groups is 1. The molecule has 18 heavy (non-hydrogen) atoms. The van der Waals surface area contributed by atoms with Gasteiger partial charge in [0.15, 0.2) is 5.82 Å². The van der Waals surface area contributed by atoms with Crippen molar-refractivity contribution < 1.29 is 4.79 Å². The predicted octanol–water partition coefficient (Wildman–Crippen LogP) is -0.574. The lowest BCUT2D eigenvalue weighted by Crippen LogP contribution is -2.24. The summed E-state index contributed by atoms with van der Waals surface area (Å²) in [6.45, 7) is 0.312. The van der Waals surface area contributed by atoms with Crippen LogP contribution in [-0.2, 0) is 13.6 Å². The van der Waals surface area contributed by atoms with E-state index in [1.165, 1.54) is 6.20 Å². The first-order chi connectivity index (χ1) is 8.70. The first kappa shape index (κ1) is 12.0. The van der Waals surface area contributed by atoms with Crippen LogP contribution < -0.4 is 16.6 Å². The van der Waals surface area contributed by atoms with E-state index in [1.807, 2.05) is 7.05 Å².